The van der Waals surface area contributed by atoms with Gasteiger partial charge in [0.25, 0.3) is 11.8 Å². The van der Waals surface area contributed by atoms with Crippen molar-refractivity contribution >= 4 is 23.4 Å². The summed E-state index contributed by atoms with van der Waals surface area (Å²) in [5.74, 6) is 0.157. The number of halogens is 1. The molecule has 0 N–H and O–H groups in total. The number of nitrogens with zero attached hydrogens (tertiary/aromatic N) is 1. The first-order valence-corrected chi connectivity index (χ1v) is 8.84. The van der Waals surface area contributed by atoms with Crippen LogP contribution in [0.4, 0.5) is 0 Å². The molecule has 0 saturated carbocycles. The van der Waals surface area contributed by atoms with Crippen LogP contribution in [0.3, 0.4) is 0 Å². The van der Waals surface area contributed by atoms with Gasteiger partial charge in [-0.3, -0.25) is 14.5 Å². The maximum absolute atomic E-state index is 11.8. The Morgan fingerprint density at radius 3 is 1.77 bits per heavy atom. The molecule has 3 rings (SSSR count). The molecule has 1 aliphatic heterocycles. The van der Waals surface area contributed by atoms with Crippen molar-refractivity contribution in [1.82, 2.24) is 4.90 Å². The monoisotopic (exact) mass is 373 g/mol. The lowest BCUT2D eigenvalue weighted by atomic mass is 10.0. The Morgan fingerprint density at radius 1 is 0.885 bits per heavy atom. The average molecular weight is 374 g/mol. The van der Waals surface area contributed by atoms with E-state index in [-0.39, 0.29) is 25.3 Å². The molecule has 2 aromatic carbocycles. The number of carbonyl (C=O) groups excluding carboxylic acids is 2. The van der Waals surface area contributed by atoms with Crippen molar-refractivity contribution in [3.63, 3.8) is 0 Å². The van der Waals surface area contributed by atoms with E-state index in [0.29, 0.717) is 17.0 Å². The molecule has 2 aromatic rings. The minimum Gasteiger partial charge on any atom is -0.272 e. The quantitative estimate of drug-likeness (QED) is 0.596. The predicted octanol–water partition coefficient (Wildman–Crippen LogP) is 6.10. The van der Waals surface area contributed by atoms with Crippen LogP contribution in [0.2, 0.25) is 5.02 Å². The first-order chi connectivity index (χ1) is 11.7. The summed E-state index contributed by atoms with van der Waals surface area (Å²) in [6.07, 6.45) is 0. The van der Waals surface area contributed by atoms with Crippen LogP contribution in [0.15, 0.2) is 42.5 Å². The minimum absolute atomic E-state index is 0. The van der Waals surface area contributed by atoms with Gasteiger partial charge in [-0.15, -0.1) is 0 Å². The Hall–Kier alpha value is -2.13. The van der Waals surface area contributed by atoms with Crippen LogP contribution < -0.4 is 0 Å². The van der Waals surface area contributed by atoms with Crippen molar-refractivity contribution in [3.8, 4) is 0 Å². The lowest BCUT2D eigenvalue weighted by Gasteiger charge is -2.17. The van der Waals surface area contributed by atoms with Crippen molar-refractivity contribution in [1.29, 1.82) is 0 Å². The Balaban J connectivity index is 0.000000258. The lowest BCUT2D eigenvalue weighted by Crippen LogP contribution is -2.35. The number of amides is 2. The molecule has 26 heavy (non-hydrogen) atoms. The molecule has 0 aliphatic carbocycles. The first kappa shape index (κ1) is 21.9. The summed E-state index contributed by atoms with van der Waals surface area (Å²) >= 11 is 6.02. The van der Waals surface area contributed by atoms with E-state index in [9.17, 15) is 9.59 Å². The second kappa shape index (κ2) is 9.00. The van der Waals surface area contributed by atoms with Gasteiger partial charge in [-0.05, 0) is 56.0 Å². The van der Waals surface area contributed by atoms with Crippen molar-refractivity contribution in [2.45, 2.75) is 54.0 Å². The molecule has 0 atom stereocenters. The summed E-state index contributed by atoms with van der Waals surface area (Å²) < 4.78 is 0. The van der Waals surface area contributed by atoms with E-state index in [1.165, 1.54) is 16.0 Å². The van der Waals surface area contributed by atoms with E-state index in [1.54, 1.807) is 24.3 Å². The van der Waals surface area contributed by atoms with Crippen LogP contribution in [-0.4, -0.2) is 22.8 Å². The Bertz CT molecular complexity index is 761. The molecule has 0 bridgehead atoms. The van der Waals surface area contributed by atoms with Crippen molar-refractivity contribution < 1.29 is 9.59 Å². The van der Waals surface area contributed by atoms with E-state index in [2.05, 4.69) is 32.9 Å². The number of imide groups is 1. The van der Waals surface area contributed by atoms with Crippen molar-refractivity contribution in [2.75, 3.05) is 0 Å². The fraction of sp³-hybridized carbons (Fsp3) is 0.364. The smallest absolute Gasteiger partial charge is 0.261 e. The molecule has 4 heteroatoms. The molecule has 3 nitrogen and oxygen atoms in total. The van der Waals surface area contributed by atoms with Gasteiger partial charge in [-0.25, -0.2) is 0 Å². The molecule has 2 amide bonds. The van der Waals surface area contributed by atoms with Gasteiger partial charge >= 0.3 is 0 Å². The summed E-state index contributed by atoms with van der Waals surface area (Å²) in [5.41, 5.74) is 3.49. The first-order valence-electron chi connectivity index (χ1n) is 8.47. The van der Waals surface area contributed by atoms with Gasteiger partial charge in [-0.1, -0.05) is 57.1 Å². The summed E-state index contributed by atoms with van der Waals surface area (Å²) in [6.45, 7) is 10.0. The van der Waals surface area contributed by atoms with Gasteiger partial charge < -0.3 is 0 Å². The fourth-order valence-corrected chi connectivity index (χ4v) is 3.23. The van der Waals surface area contributed by atoms with Crippen LogP contribution in [0, 0.1) is 6.92 Å². The molecule has 0 aromatic heterocycles. The van der Waals surface area contributed by atoms with Gasteiger partial charge in [0.2, 0.25) is 0 Å². The van der Waals surface area contributed by atoms with E-state index in [4.69, 9.17) is 11.6 Å². The Morgan fingerprint density at radius 2 is 1.38 bits per heavy atom. The van der Waals surface area contributed by atoms with Gasteiger partial charge in [0.1, 0.15) is 0 Å². The van der Waals surface area contributed by atoms with Gasteiger partial charge in [0, 0.05) is 11.1 Å². The summed E-state index contributed by atoms with van der Waals surface area (Å²) in [5, 5.41) is 0.889. The second-order valence-corrected chi connectivity index (χ2v) is 7.21. The van der Waals surface area contributed by atoms with E-state index in [0.717, 1.165) is 5.02 Å². The molecule has 1 heterocycles. The number of rotatable bonds is 2. The number of aryl methyl sites for hydroxylation is 1. The maximum Gasteiger partial charge on any atom is 0.261 e. The maximum atomic E-state index is 11.8. The van der Waals surface area contributed by atoms with Crippen molar-refractivity contribution in [2.24, 2.45) is 0 Å². The number of benzene rings is 2. The number of carbonyl (C=O) groups is 2. The zero-order valence-electron chi connectivity index (χ0n) is 15.3. The largest absolute Gasteiger partial charge is 0.272 e. The average Bonchev–Trinajstić information content (AvgIpc) is 2.79. The number of hydrogen-bond donors (Lipinski definition) is 0. The van der Waals surface area contributed by atoms with Crippen LogP contribution in [0.1, 0.15) is 72.9 Å². The summed E-state index contributed by atoms with van der Waals surface area (Å²) in [6, 6.07) is 13.1. The Kier molecular flexibility index (Phi) is 7.58. The molecule has 0 radical (unpaired) electrons. The summed E-state index contributed by atoms with van der Waals surface area (Å²) in [4.78, 5) is 24.8. The van der Waals surface area contributed by atoms with Crippen LogP contribution in [0.25, 0.3) is 0 Å². The zero-order valence-corrected chi connectivity index (χ0v) is 16.1. The molecule has 0 fully saturated rings. The van der Waals surface area contributed by atoms with E-state index >= 15 is 0 Å². The second-order valence-electron chi connectivity index (χ2n) is 6.80. The third-order valence-corrected chi connectivity index (χ3v) is 4.45. The highest BCUT2D eigenvalue weighted by molar-refractivity contribution is 6.31. The fourth-order valence-electron chi connectivity index (χ4n) is 2.78. The predicted molar refractivity (Wildman–Crippen MR) is 109 cm³/mol. The summed E-state index contributed by atoms with van der Waals surface area (Å²) in [7, 11) is 0. The molecular formula is C22H28ClNO2. The molecular weight excluding hydrogens is 346 g/mol. The van der Waals surface area contributed by atoms with E-state index in [1.807, 2.05) is 19.9 Å². The molecule has 1 aliphatic rings. The lowest BCUT2D eigenvalue weighted by molar-refractivity contribution is 0.0609. The van der Waals surface area contributed by atoms with Crippen molar-refractivity contribution in [3.05, 3.63) is 69.7 Å². The van der Waals surface area contributed by atoms with Crippen LogP contribution >= 0.6 is 11.6 Å². The van der Waals surface area contributed by atoms with Gasteiger partial charge in [0.15, 0.2) is 0 Å². The van der Waals surface area contributed by atoms with Gasteiger partial charge in [0.05, 0.1) is 11.1 Å². The van der Waals surface area contributed by atoms with Crippen LogP contribution in [-0.2, 0) is 0 Å². The third kappa shape index (κ3) is 4.53. The molecule has 0 spiro atoms. The molecule has 0 unspecified atom stereocenters. The van der Waals surface area contributed by atoms with E-state index < -0.39 is 0 Å². The highest BCUT2D eigenvalue weighted by atomic mass is 35.5. The highest BCUT2D eigenvalue weighted by Crippen LogP contribution is 2.25. The van der Waals surface area contributed by atoms with Crippen LogP contribution in [0.5, 0.6) is 0 Å². The zero-order chi connectivity index (χ0) is 18.7. The minimum atomic E-state index is -0.180. The normalized spacial score (nSPS) is 12.7. The SMILES string of the molecule is C.CC(C)N1C(=O)c2ccccc2C1=O.Cc1ccc(C(C)C)c(Cl)c1. The number of fused-ring (bicyclic) bond motifs is 1. The topological polar surface area (TPSA) is 37.4 Å². The highest BCUT2D eigenvalue weighted by Gasteiger charge is 2.36. The standard InChI is InChI=1S/C11H11NO2.C10H13Cl.CH4/c1-7(2)12-10(13)8-5-3-4-6-9(8)11(12)14;1-7(2)9-5-4-8(3)6-10(9)11;/h3-7H,1-2H3;4-7H,1-3H3;1H4. The van der Waals surface area contributed by atoms with Gasteiger partial charge in [-0.2, -0.15) is 0 Å². The molecule has 0 saturated heterocycles. The number of hydrogen-bond acceptors (Lipinski definition) is 2. The Labute approximate surface area is 162 Å². The molecule has 140 valence electrons. The third-order valence-electron chi connectivity index (χ3n) is 4.12.